The molecule has 2 aromatic heterocycles. The summed E-state index contributed by atoms with van der Waals surface area (Å²) in [6, 6.07) is 1.87. The number of rotatable bonds is 4. The molecule has 0 fully saturated rings. The van der Waals surface area contributed by atoms with Crippen molar-refractivity contribution in [1.82, 2.24) is 4.98 Å². The third-order valence-corrected chi connectivity index (χ3v) is 3.12. The highest BCUT2D eigenvalue weighted by molar-refractivity contribution is 7.09. The maximum absolute atomic E-state index is 9.81. The smallest absolute Gasteiger partial charge is 0.0954 e. The van der Waals surface area contributed by atoms with Gasteiger partial charge in [-0.15, -0.1) is 11.3 Å². The molecule has 0 aliphatic rings. The minimum absolute atomic E-state index is 0.381. The third-order valence-electron chi connectivity index (χ3n) is 2.13. The van der Waals surface area contributed by atoms with Gasteiger partial charge in [-0.3, -0.25) is 0 Å². The SMILES string of the molecule is Cc1csc(CC(O)Cc2ccoc2)n1. The second-order valence-corrected chi connectivity index (χ2v) is 4.52. The maximum atomic E-state index is 9.81. The summed E-state index contributed by atoms with van der Waals surface area (Å²) in [6.45, 7) is 1.96. The lowest BCUT2D eigenvalue weighted by Gasteiger charge is -2.06. The van der Waals surface area contributed by atoms with Crippen LogP contribution < -0.4 is 0 Å². The normalized spacial score (nSPS) is 12.9. The van der Waals surface area contributed by atoms with Gasteiger partial charge in [0, 0.05) is 23.9 Å². The molecule has 0 aromatic carbocycles. The Bertz CT molecular complexity index is 408. The highest BCUT2D eigenvalue weighted by atomic mass is 32.1. The number of furan rings is 1. The predicted octanol–water partition coefficient (Wildman–Crippen LogP) is 2.19. The highest BCUT2D eigenvalue weighted by Crippen LogP contribution is 2.13. The van der Waals surface area contributed by atoms with Gasteiger partial charge in [-0.05, 0) is 18.6 Å². The van der Waals surface area contributed by atoms with Crippen LogP contribution in [0.25, 0.3) is 0 Å². The lowest BCUT2D eigenvalue weighted by atomic mass is 10.1. The van der Waals surface area contributed by atoms with Crippen LogP contribution in [0.4, 0.5) is 0 Å². The van der Waals surface area contributed by atoms with Crippen LogP contribution in [0.15, 0.2) is 28.4 Å². The number of aryl methyl sites for hydroxylation is 1. The predicted molar refractivity (Wildman–Crippen MR) is 59.0 cm³/mol. The second kappa shape index (κ2) is 4.59. The number of nitrogens with zero attached hydrogens (tertiary/aromatic N) is 1. The van der Waals surface area contributed by atoms with E-state index in [9.17, 15) is 5.11 Å². The van der Waals surface area contributed by atoms with E-state index in [1.165, 1.54) is 0 Å². The quantitative estimate of drug-likeness (QED) is 0.864. The summed E-state index contributed by atoms with van der Waals surface area (Å²) in [4.78, 5) is 4.32. The van der Waals surface area contributed by atoms with Crippen molar-refractivity contribution in [1.29, 1.82) is 0 Å². The molecule has 0 saturated carbocycles. The van der Waals surface area contributed by atoms with Crippen LogP contribution in [-0.2, 0) is 12.8 Å². The van der Waals surface area contributed by atoms with E-state index in [1.54, 1.807) is 23.9 Å². The van der Waals surface area contributed by atoms with E-state index < -0.39 is 0 Å². The summed E-state index contributed by atoms with van der Waals surface area (Å²) in [5.74, 6) is 0. The molecule has 0 bridgehead atoms. The monoisotopic (exact) mass is 223 g/mol. The first-order valence-electron chi connectivity index (χ1n) is 4.84. The van der Waals surface area contributed by atoms with Gasteiger partial charge >= 0.3 is 0 Å². The fraction of sp³-hybridized carbons (Fsp3) is 0.364. The Morgan fingerprint density at radius 2 is 2.40 bits per heavy atom. The van der Waals surface area contributed by atoms with Gasteiger partial charge in [-0.1, -0.05) is 0 Å². The van der Waals surface area contributed by atoms with Gasteiger partial charge < -0.3 is 9.52 Å². The summed E-state index contributed by atoms with van der Waals surface area (Å²) in [6.07, 6.45) is 4.14. The topological polar surface area (TPSA) is 46.3 Å². The molecule has 1 atom stereocenters. The largest absolute Gasteiger partial charge is 0.472 e. The van der Waals surface area contributed by atoms with Crippen molar-refractivity contribution in [3.05, 3.63) is 40.2 Å². The number of hydrogen-bond acceptors (Lipinski definition) is 4. The molecule has 0 radical (unpaired) electrons. The van der Waals surface area contributed by atoms with Crippen molar-refractivity contribution in [2.45, 2.75) is 25.9 Å². The van der Waals surface area contributed by atoms with Crippen molar-refractivity contribution >= 4 is 11.3 Å². The second-order valence-electron chi connectivity index (χ2n) is 3.58. The minimum Gasteiger partial charge on any atom is -0.472 e. The Morgan fingerprint density at radius 3 is 3.00 bits per heavy atom. The highest BCUT2D eigenvalue weighted by Gasteiger charge is 2.09. The maximum Gasteiger partial charge on any atom is 0.0954 e. The first-order chi connectivity index (χ1) is 7.24. The molecule has 4 heteroatoms. The Hall–Kier alpha value is -1.13. The van der Waals surface area contributed by atoms with Crippen LogP contribution in [0.1, 0.15) is 16.3 Å². The molecule has 0 saturated heterocycles. The molecule has 0 aliphatic heterocycles. The lowest BCUT2D eigenvalue weighted by molar-refractivity contribution is 0.175. The summed E-state index contributed by atoms with van der Waals surface area (Å²) >= 11 is 1.60. The molecule has 2 heterocycles. The third kappa shape index (κ3) is 2.91. The Morgan fingerprint density at radius 1 is 1.53 bits per heavy atom. The average molecular weight is 223 g/mol. The lowest BCUT2D eigenvalue weighted by Crippen LogP contribution is -2.13. The van der Waals surface area contributed by atoms with Crippen LogP contribution in [0, 0.1) is 6.92 Å². The Kier molecular flexibility index (Phi) is 3.18. The molecular formula is C11H13NO2S. The summed E-state index contributed by atoms with van der Waals surface area (Å²) < 4.78 is 4.95. The zero-order valence-electron chi connectivity index (χ0n) is 8.51. The number of thiazole rings is 1. The van der Waals surface area contributed by atoms with Crippen LogP contribution in [0.3, 0.4) is 0 Å². The van der Waals surface area contributed by atoms with Gasteiger partial charge in [0.05, 0.1) is 23.6 Å². The molecule has 2 rings (SSSR count). The van der Waals surface area contributed by atoms with Crippen LogP contribution in [0.5, 0.6) is 0 Å². The zero-order chi connectivity index (χ0) is 10.7. The summed E-state index contributed by atoms with van der Waals surface area (Å²) in [5.41, 5.74) is 2.04. The first kappa shape index (κ1) is 10.4. The van der Waals surface area contributed by atoms with Crippen molar-refractivity contribution < 1.29 is 9.52 Å². The van der Waals surface area contributed by atoms with Crippen LogP contribution in [-0.4, -0.2) is 16.2 Å². The number of aromatic nitrogens is 1. The van der Waals surface area contributed by atoms with Crippen molar-refractivity contribution in [3.8, 4) is 0 Å². The van der Waals surface area contributed by atoms with E-state index in [-0.39, 0.29) is 6.10 Å². The van der Waals surface area contributed by atoms with Gasteiger partial charge in [-0.25, -0.2) is 4.98 Å². The van der Waals surface area contributed by atoms with Crippen molar-refractivity contribution in [2.24, 2.45) is 0 Å². The molecule has 0 spiro atoms. The van der Waals surface area contributed by atoms with E-state index in [2.05, 4.69) is 4.98 Å². The number of hydrogen-bond donors (Lipinski definition) is 1. The van der Waals surface area contributed by atoms with E-state index in [0.29, 0.717) is 12.8 Å². The number of aliphatic hydroxyl groups is 1. The van der Waals surface area contributed by atoms with Gasteiger partial charge in [0.2, 0.25) is 0 Å². The molecule has 15 heavy (non-hydrogen) atoms. The summed E-state index contributed by atoms with van der Waals surface area (Å²) in [5, 5.41) is 12.8. The number of aliphatic hydroxyl groups excluding tert-OH is 1. The Labute approximate surface area is 92.4 Å². The van der Waals surface area contributed by atoms with Gasteiger partial charge in [0.25, 0.3) is 0 Å². The van der Waals surface area contributed by atoms with E-state index in [0.717, 1.165) is 16.3 Å². The van der Waals surface area contributed by atoms with E-state index >= 15 is 0 Å². The first-order valence-corrected chi connectivity index (χ1v) is 5.72. The molecule has 0 aliphatic carbocycles. The Balaban J connectivity index is 1.90. The molecular weight excluding hydrogens is 210 g/mol. The summed E-state index contributed by atoms with van der Waals surface area (Å²) in [7, 11) is 0. The van der Waals surface area contributed by atoms with Crippen LogP contribution in [0.2, 0.25) is 0 Å². The van der Waals surface area contributed by atoms with Gasteiger partial charge in [0.1, 0.15) is 0 Å². The molecule has 2 aromatic rings. The van der Waals surface area contributed by atoms with Gasteiger partial charge in [-0.2, -0.15) is 0 Å². The van der Waals surface area contributed by atoms with E-state index in [4.69, 9.17) is 4.42 Å². The fourth-order valence-electron chi connectivity index (χ4n) is 1.45. The molecule has 80 valence electrons. The minimum atomic E-state index is -0.381. The zero-order valence-corrected chi connectivity index (χ0v) is 9.33. The van der Waals surface area contributed by atoms with Crippen molar-refractivity contribution in [3.63, 3.8) is 0 Å². The van der Waals surface area contributed by atoms with E-state index in [1.807, 2.05) is 18.4 Å². The fourth-order valence-corrected chi connectivity index (χ4v) is 2.30. The van der Waals surface area contributed by atoms with Gasteiger partial charge in [0.15, 0.2) is 0 Å². The molecule has 3 nitrogen and oxygen atoms in total. The van der Waals surface area contributed by atoms with Crippen LogP contribution >= 0.6 is 11.3 Å². The molecule has 1 N–H and O–H groups in total. The standard InChI is InChI=1S/C11H13NO2S/c1-8-7-15-11(12-8)5-10(13)4-9-2-3-14-6-9/h2-3,6-7,10,13H,4-5H2,1H3. The average Bonchev–Trinajstić information content (AvgIpc) is 2.77. The molecule has 1 unspecified atom stereocenters. The van der Waals surface area contributed by atoms with Crippen molar-refractivity contribution in [2.75, 3.05) is 0 Å². The molecule has 0 amide bonds.